The van der Waals surface area contributed by atoms with Crippen molar-refractivity contribution in [1.29, 1.82) is 0 Å². The van der Waals surface area contributed by atoms with Crippen LogP contribution in [-0.4, -0.2) is 22.7 Å². The molecular formula is C13H17BrN2O2. The van der Waals surface area contributed by atoms with Gasteiger partial charge in [0.15, 0.2) is 0 Å². The molecule has 1 N–H and O–H groups in total. The van der Waals surface area contributed by atoms with Crippen molar-refractivity contribution in [3.63, 3.8) is 0 Å². The number of nitrogens with one attached hydrogen (secondary N) is 1. The lowest BCUT2D eigenvalue weighted by Gasteiger charge is -2.24. The van der Waals surface area contributed by atoms with Crippen molar-refractivity contribution >= 4 is 22.0 Å². The monoisotopic (exact) mass is 312 g/mol. The van der Waals surface area contributed by atoms with E-state index in [-0.39, 0.29) is 6.09 Å². The zero-order valence-electron chi connectivity index (χ0n) is 10.6. The number of alkyl carbamates (subject to hydrolysis) is 1. The fourth-order valence-electron chi connectivity index (χ4n) is 1.66. The normalized spacial score (nSPS) is 15.3. The maximum Gasteiger partial charge on any atom is 0.407 e. The summed E-state index contributed by atoms with van der Waals surface area (Å²) < 4.78 is 6.36. The van der Waals surface area contributed by atoms with Crippen LogP contribution in [-0.2, 0) is 11.2 Å². The van der Waals surface area contributed by atoms with Gasteiger partial charge < -0.3 is 10.1 Å². The number of rotatable bonds is 4. The summed E-state index contributed by atoms with van der Waals surface area (Å²) >= 11 is 3.34. The lowest BCUT2D eigenvalue weighted by atomic mass is 10.0. The van der Waals surface area contributed by atoms with Crippen LogP contribution in [0, 0.1) is 0 Å². The van der Waals surface area contributed by atoms with Gasteiger partial charge in [0.25, 0.3) is 0 Å². The van der Waals surface area contributed by atoms with Gasteiger partial charge in [0.2, 0.25) is 0 Å². The average Bonchev–Trinajstić information content (AvgIpc) is 3.04. The van der Waals surface area contributed by atoms with E-state index in [1.807, 2.05) is 26.0 Å². The number of nitrogens with zero attached hydrogens (tertiary/aromatic N) is 1. The molecule has 98 valence electrons. The number of halogens is 1. The van der Waals surface area contributed by atoms with E-state index >= 15 is 0 Å². The number of pyridine rings is 1. The van der Waals surface area contributed by atoms with E-state index in [2.05, 4.69) is 26.2 Å². The standard InChI is InChI=1S/C13H17BrN2O2/c1-13(2,18-12(17)16-10-5-6-10)7-11-4-3-9(14)8-15-11/h3-4,8,10H,5-7H2,1-2H3,(H,16,17). The second-order valence-electron chi connectivity index (χ2n) is 5.21. The Morgan fingerprint density at radius 1 is 1.56 bits per heavy atom. The Morgan fingerprint density at radius 2 is 2.28 bits per heavy atom. The van der Waals surface area contributed by atoms with Crippen LogP contribution in [0.2, 0.25) is 0 Å². The third-order valence-corrected chi connectivity index (χ3v) is 3.13. The van der Waals surface area contributed by atoms with Crippen molar-refractivity contribution in [1.82, 2.24) is 10.3 Å². The molecule has 2 rings (SSSR count). The van der Waals surface area contributed by atoms with Gasteiger partial charge in [-0.15, -0.1) is 0 Å². The predicted octanol–water partition coefficient (Wildman–Crippen LogP) is 3.05. The van der Waals surface area contributed by atoms with Crippen LogP contribution < -0.4 is 5.32 Å². The minimum Gasteiger partial charge on any atom is -0.443 e. The van der Waals surface area contributed by atoms with Gasteiger partial charge in [-0.05, 0) is 54.8 Å². The van der Waals surface area contributed by atoms with E-state index in [1.54, 1.807) is 6.20 Å². The van der Waals surface area contributed by atoms with E-state index in [0.717, 1.165) is 23.0 Å². The number of ether oxygens (including phenoxy) is 1. The number of carbonyl (C=O) groups excluding carboxylic acids is 1. The average molecular weight is 313 g/mol. The largest absolute Gasteiger partial charge is 0.443 e. The summed E-state index contributed by atoms with van der Waals surface area (Å²) in [5, 5.41) is 2.82. The molecule has 1 aromatic rings. The van der Waals surface area contributed by atoms with Crippen LogP contribution in [0.25, 0.3) is 0 Å². The molecule has 0 aromatic carbocycles. The molecule has 1 amide bonds. The molecule has 0 spiro atoms. The van der Waals surface area contributed by atoms with Gasteiger partial charge in [-0.2, -0.15) is 0 Å². The van der Waals surface area contributed by atoms with Crippen LogP contribution in [0.5, 0.6) is 0 Å². The molecule has 0 unspecified atom stereocenters. The summed E-state index contributed by atoms with van der Waals surface area (Å²) in [5.41, 5.74) is 0.349. The maximum absolute atomic E-state index is 11.6. The van der Waals surface area contributed by atoms with E-state index < -0.39 is 5.60 Å². The van der Waals surface area contributed by atoms with Crippen LogP contribution in [0.4, 0.5) is 4.79 Å². The van der Waals surface area contributed by atoms with Gasteiger partial charge in [0, 0.05) is 28.8 Å². The first-order chi connectivity index (χ1) is 8.44. The number of carbonyl (C=O) groups is 1. The van der Waals surface area contributed by atoms with Crippen LogP contribution >= 0.6 is 15.9 Å². The molecule has 1 aliphatic carbocycles. The molecule has 0 aliphatic heterocycles. The fourth-order valence-corrected chi connectivity index (χ4v) is 1.89. The second kappa shape index (κ2) is 5.26. The third-order valence-electron chi connectivity index (χ3n) is 2.66. The lowest BCUT2D eigenvalue weighted by Crippen LogP contribution is -2.37. The first-order valence-corrected chi connectivity index (χ1v) is 6.84. The topological polar surface area (TPSA) is 51.2 Å². The van der Waals surface area contributed by atoms with Gasteiger partial charge in [-0.1, -0.05) is 0 Å². The van der Waals surface area contributed by atoms with Gasteiger partial charge in [-0.3, -0.25) is 4.98 Å². The molecule has 0 radical (unpaired) electrons. The first kappa shape index (κ1) is 13.3. The van der Waals surface area contributed by atoms with Crippen molar-refractivity contribution in [2.24, 2.45) is 0 Å². The van der Waals surface area contributed by atoms with Crippen LogP contribution in [0.15, 0.2) is 22.8 Å². The quantitative estimate of drug-likeness (QED) is 0.929. The molecule has 0 bridgehead atoms. The molecule has 1 aromatic heterocycles. The molecule has 1 heterocycles. The van der Waals surface area contributed by atoms with Gasteiger partial charge in [0.05, 0.1) is 0 Å². The van der Waals surface area contributed by atoms with Crippen LogP contribution in [0.1, 0.15) is 32.4 Å². The Bertz CT molecular complexity index is 427. The zero-order valence-corrected chi connectivity index (χ0v) is 12.2. The molecule has 18 heavy (non-hydrogen) atoms. The highest BCUT2D eigenvalue weighted by Crippen LogP contribution is 2.21. The number of hydrogen-bond donors (Lipinski definition) is 1. The Labute approximate surface area is 115 Å². The van der Waals surface area contributed by atoms with Crippen molar-refractivity contribution < 1.29 is 9.53 Å². The Kier molecular flexibility index (Phi) is 3.90. The molecule has 5 heteroatoms. The fraction of sp³-hybridized carbons (Fsp3) is 0.538. The highest BCUT2D eigenvalue weighted by molar-refractivity contribution is 9.10. The summed E-state index contributed by atoms with van der Waals surface area (Å²) in [6.45, 7) is 3.78. The predicted molar refractivity (Wildman–Crippen MR) is 72.4 cm³/mol. The van der Waals surface area contributed by atoms with Crippen molar-refractivity contribution in [2.75, 3.05) is 0 Å². The van der Waals surface area contributed by atoms with E-state index in [1.165, 1.54) is 0 Å². The first-order valence-electron chi connectivity index (χ1n) is 6.04. The Morgan fingerprint density at radius 3 is 2.83 bits per heavy atom. The minimum atomic E-state index is -0.556. The molecule has 1 fully saturated rings. The van der Waals surface area contributed by atoms with E-state index in [9.17, 15) is 4.79 Å². The van der Waals surface area contributed by atoms with Gasteiger partial charge in [0.1, 0.15) is 5.60 Å². The Balaban J connectivity index is 1.88. The summed E-state index contributed by atoms with van der Waals surface area (Å²) in [6.07, 6.45) is 4.13. The number of aromatic nitrogens is 1. The summed E-state index contributed by atoms with van der Waals surface area (Å²) in [4.78, 5) is 15.9. The molecule has 1 saturated carbocycles. The zero-order chi connectivity index (χ0) is 13.2. The Hall–Kier alpha value is -1.10. The van der Waals surface area contributed by atoms with Crippen molar-refractivity contribution in [3.8, 4) is 0 Å². The van der Waals surface area contributed by atoms with Gasteiger partial charge >= 0.3 is 6.09 Å². The summed E-state index contributed by atoms with van der Waals surface area (Å²) in [7, 11) is 0. The summed E-state index contributed by atoms with van der Waals surface area (Å²) in [5.74, 6) is 0. The SMILES string of the molecule is CC(C)(Cc1ccc(Br)cn1)OC(=O)NC1CC1. The highest BCUT2D eigenvalue weighted by atomic mass is 79.9. The molecule has 0 saturated heterocycles. The molecular weight excluding hydrogens is 296 g/mol. The second-order valence-corrected chi connectivity index (χ2v) is 6.13. The highest BCUT2D eigenvalue weighted by Gasteiger charge is 2.28. The number of amides is 1. The van der Waals surface area contributed by atoms with Crippen molar-refractivity contribution in [3.05, 3.63) is 28.5 Å². The minimum absolute atomic E-state index is 0.319. The molecule has 1 aliphatic rings. The maximum atomic E-state index is 11.6. The lowest BCUT2D eigenvalue weighted by molar-refractivity contribution is 0.0384. The van der Waals surface area contributed by atoms with Crippen molar-refractivity contribution in [2.45, 2.75) is 44.8 Å². The smallest absolute Gasteiger partial charge is 0.407 e. The van der Waals surface area contributed by atoms with E-state index in [4.69, 9.17) is 4.74 Å². The molecule has 4 nitrogen and oxygen atoms in total. The summed E-state index contributed by atoms with van der Waals surface area (Å²) in [6, 6.07) is 4.18. The van der Waals surface area contributed by atoms with Gasteiger partial charge in [-0.25, -0.2) is 4.79 Å². The van der Waals surface area contributed by atoms with E-state index in [0.29, 0.717) is 12.5 Å². The number of hydrogen-bond acceptors (Lipinski definition) is 3. The third kappa shape index (κ3) is 4.29. The van der Waals surface area contributed by atoms with Crippen LogP contribution in [0.3, 0.4) is 0 Å². The molecule has 0 atom stereocenters.